The molecule has 0 aromatic heterocycles. The first-order valence-corrected chi connectivity index (χ1v) is 5.59. The minimum Gasteiger partial charge on any atom is -0.399 e. The predicted molar refractivity (Wildman–Crippen MR) is 65.2 cm³/mol. The van der Waals surface area contributed by atoms with Gasteiger partial charge in [-0.3, -0.25) is 0 Å². The minimum atomic E-state index is -4.46. The van der Waals surface area contributed by atoms with Gasteiger partial charge in [0.2, 0.25) is 0 Å². The summed E-state index contributed by atoms with van der Waals surface area (Å²) in [5.41, 5.74) is 4.62. The lowest BCUT2D eigenvalue weighted by Gasteiger charge is -2.23. The van der Waals surface area contributed by atoms with E-state index in [1.54, 1.807) is 13.8 Å². The third-order valence-corrected chi connectivity index (χ3v) is 2.87. The van der Waals surface area contributed by atoms with Gasteiger partial charge in [-0.25, -0.2) is 0 Å². The van der Waals surface area contributed by atoms with Crippen molar-refractivity contribution in [3.8, 4) is 0 Å². The molecule has 6 heteroatoms. The number of benzene rings is 1. The fraction of sp³-hybridized carbons (Fsp3) is 0.500. The van der Waals surface area contributed by atoms with Crippen LogP contribution in [0.15, 0.2) is 18.2 Å². The van der Waals surface area contributed by atoms with Crippen LogP contribution < -0.4 is 11.1 Å². The molecule has 0 aliphatic heterocycles. The zero-order chi connectivity index (χ0) is 13.9. The highest BCUT2D eigenvalue weighted by Crippen LogP contribution is 2.36. The Morgan fingerprint density at radius 3 is 2.44 bits per heavy atom. The van der Waals surface area contributed by atoms with Crippen molar-refractivity contribution in [2.75, 3.05) is 17.7 Å². The average molecular weight is 262 g/mol. The smallest absolute Gasteiger partial charge is 0.399 e. The van der Waals surface area contributed by atoms with E-state index in [0.717, 1.165) is 6.07 Å². The second kappa shape index (κ2) is 5.48. The van der Waals surface area contributed by atoms with Crippen molar-refractivity contribution in [1.29, 1.82) is 0 Å². The average Bonchev–Trinajstić information content (AvgIpc) is 2.28. The molecule has 0 saturated heterocycles. The number of nitrogens with one attached hydrogen (secondary N) is 1. The van der Waals surface area contributed by atoms with E-state index >= 15 is 0 Å². The Labute approximate surface area is 104 Å². The van der Waals surface area contributed by atoms with Crippen molar-refractivity contribution in [1.82, 2.24) is 0 Å². The van der Waals surface area contributed by atoms with Crippen LogP contribution >= 0.6 is 0 Å². The molecule has 4 N–H and O–H groups in total. The lowest BCUT2D eigenvalue weighted by molar-refractivity contribution is -0.136. The summed E-state index contributed by atoms with van der Waals surface area (Å²) in [5.74, 6) is -0.149. The number of nitrogen functional groups attached to an aromatic ring is 1. The van der Waals surface area contributed by atoms with E-state index in [0.29, 0.717) is 0 Å². The molecule has 0 aliphatic carbocycles. The fourth-order valence-electron chi connectivity index (χ4n) is 1.47. The van der Waals surface area contributed by atoms with Crippen molar-refractivity contribution in [3.63, 3.8) is 0 Å². The van der Waals surface area contributed by atoms with Crippen molar-refractivity contribution in [2.45, 2.75) is 26.1 Å². The molecule has 1 aromatic rings. The normalized spacial score (nSPS) is 15.2. The molecule has 2 unspecified atom stereocenters. The summed E-state index contributed by atoms with van der Waals surface area (Å²) in [5, 5.41) is 11.7. The van der Waals surface area contributed by atoms with Gasteiger partial charge < -0.3 is 16.2 Å². The van der Waals surface area contributed by atoms with Crippen LogP contribution in [0.1, 0.15) is 19.4 Å². The molecule has 18 heavy (non-hydrogen) atoms. The molecular weight excluding hydrogens is 245 g/mol. The number of hydrogen-bond donors (Lipinski definition) is 3. The first-order chi connectivity index (χ1) is 8.25. The maximum atomic E-state index is 12.8. The Balaban J connectivity index is 3.02. The third-order valence-electron chi connectivity index (χ3n) is 2.87. The molecule has 0 heterocycles. The summed E-state index contributed by atoms with van der Waals surface area (Å²) in [6.45, 7) is 3.38. The topological polar surface area (TPSA) is 58.3 Å². The van der Waals surface area contributed by atoms with E-state index < -0.39 is 11.7 Å². The SMILES string of the molecule is CC(CO)C(C)Nc1ccc(N)cc1C(F)(F)F. The first kappa shape index (κ1) is 14.6. The largest absolute Gasteiger partial charge is 0.418 e. The van der Waals surface area contributed by atoms with Gasteiger partial charge in [-0.1, -0.05) is 6.92 Å². The van der Waals surface area contributed by atoms with E-state index in [1.807, 2.05) is 0 Å². The molecule has 0 amide bonds. The molecule has 0 aliphatic rings. The summed E-state index contributed by atoms with van der Waals surface area (Å²) in [7, 11) is 0. The Morgan fingerprint density at radius 2 is 1.94 bits per heavy atom. The number of rotatable bonds is 4. The van der Waals surface area contributed by atoms with Gasteiger partial charge >= 0.3 is 6.18 Å². The Bertz CT molecular complexity index is 407. The predicted octanol–water partition coefficient (Wildman–Crippen LogP) is 2.72. The Hall–Kier alpha value is -1.43. The Kier molecular flexibility index (Phi) is 4.45. The molecule has 2 atom stereocenters. The van der Waals surface area contributed by atoms with Gasteiger partial charge in [-0.15, -0.1) is 0 Å². The van der Waals surface area contributed by atoms with Gasteiger partial charge in [0.05, 0.1) is 5.56 Å². The van der Waals surface area contributed by atoms with E-state index in [1.165, 1.54) is 12.1 Å². The molecule has 102 valence electrons. The van der Waals surface area contributed by atoms with E-state index in [-0.39, 0.29) is 29.9 Å². The molecule has 1 rings (SSSR count). The summed E-state index contributed by atoms with van der Waals surface area (Å²) >= 11 is 0. The monoisotopic (exact) mass is 262 g/mol. The summed E-state index contributed by atoms with van der Waals surface area (Å²) in [6.07, 6.45) is -4.46. The first-order valence-electron chi connectivity index (χ1n) is 5.59. The van der Waals surface area contributed by atoms with Crippen LogP contribution in [0.25, 0.3) is 0 Å². The summed E-state index contributed by atoms with van der Waals surface area (Å²) < 4.78 is 38.5. The van der Waals surface area contributed by atoms with Crippen LogP contribution in [0.3, 0.4) is 0 Å². The molecule has 3 nitrogen and oxygen atoms in total. The van der Waals surface area contributed by atoms with Crippen molar-refractivity contribution >= 4 is 11.4 Å². The molecule has 0 fully saturated rings. The van der Waals surface area contributed by atoms with Gasteiger partial charge in [0.15, 0.2) is 0 Å². The zero-order valence-electron chi connectivity index (χ0n) is 10.3. The van der Waals surface area contributed by atoms with Crippen molar-refractivity contribution < 1.29 is 18.3 Å². The van der Waals surface area contributed by atoms with Crippen LogP contribution in [0.5, 0.6) is 0 Å². The molecule has 0 radical (unpaired) electrons. The molecule has 0 spiro atoms. The molecular formula is C12H17F3N2O. The third kappa shape index (κ3) is 3.53. The quantitative estimate of drug-likeness (QED) is 0.731. The number of aliphatic hydroxyl groups excluding tert-OH is 1. The number of anilines is 2. The van der Waals surface area contributed by atoms with E-state index in [9.17, 15) is 13.2 Å². The standard InChI is InChI=1S/C12H17F3N2O/c1-7(6-18)8(2)17-11-4-3-9(16)5-10(11)12(13,14)15/h3-5,7-8,17-18H,6,16H2,1-2H3. The number of aliphatic hydroxyl groups is 1. The van der Waals surface area contributed by atoms with Gasteiger partial charge in [-0.2, -0.15) is 13.2 Å². The van der Waals surface area contributed by atoms with Crippen LogP contribution in [-0.2, 0) is 6.18 Å². The zero-order valence-corrected chi connectivity index (χ0v) is 10.3. The van der Waals surface area contributed by atoms with E-state index in [2.05, 4.69) is 5.32 Å². The number of alkyl halides is 3. The minimum absolute atomic E-state index is 0.0236. The number of hydrogen-bond acceptors (Lipinski definition) is 3. The number of halogens is 3. The highest BCUT2D eigenvalue weighted by Gasteiger charge is 2.34. The van der Waals surface area contributed by atoms with Crippen molar-refractivity contribution in [2.24, 2.45) is 5.92 Å². The molecule has 0 bridgehead atoms. The lowest BCUT2D eigenvalue weighted by atomic mass is 10.0. The number of nitrogens with two attached hydrogens (primary N) is 1. The summed E-state index contributed by atoms with van der Waals surface area (Å²) in [6, 6.07) is 3.34. The highest BCUT2D eigenvalue weighted by molar-refractivity contribution is 5.59. The maximum Gasteiger partial charge on any atom is 0.418 e. The molecule has 1 aromatic carbocycles. The Morgan fingerprint density at radius 1 is 1.33 bits per heavy atom. The van der Waals surface area contributed by atoms with Gasteiger partial charge in [0.25, 0.3) is 0 Å². The fourth-order valence-corrected chi connectivity index (χ4v) is 1.47. The van der Waals surface area contributed by atoms with Crippen LogP contribution in [-0.4, -0.2) is 17.8 Å². The van der Waals surface area contributed by atoms with Crippen LogP contribution in [0.4, 0.5) is 24.5 Å². The second-order valence-corrected chi connectivity index (χ2v) is 4.40. The van der Waals surface area contributed by atoms with E-state index in [4.69, 9.17) is 10.8 Å². The van der Waals surface area contributed by atoms with Gasteiger partial charge in [0, 0.05) is 24.0 Å². The van der Waals surface area contributed by atoms with Crippen LogP contribution in [0, 0.1) is 5.92 Å². The lowest BCUT2D eigenvalue weighted by Crippen LogP contribution is -2.27. The highest BCUT2D eigenvalue weighted by atomic mass is 19.4. The summed E-state index contributed by atoms with van der Waals surface area (Å²) in [4.78, 5) is 0. The van der Waals surface area contributed by atoms with Crippen LogP contribution in [0.2, 0.25) is 0 Å². The van der Waals surface area contributed by atoms with Crippen molar-refractivity contribution in [3.05, 3.63) is 23.8 Å². The second-order valence-electron chi connectivity index (χ2n) is 4.40. The van der Waals surface area contributed by atoms with Gasteiger partial charge in [-0.05, 0) is 31.0 Å². The molecule has 0 saturated carbocycles. The van der Waals surface area contributed by atoms with Gasteiger partial charge in [0.1, 0.15) is 0 Å². The maximum absolute atomic E-state index is 12.8.